The number of aromatic amines is 1. The minimum absolute atomic E-state index is 0.267. The third-order valence-corrected chi connectivity index (χ3v) is 3.02. The van der Waals surface area contributed by atoms with Gasteiger partial charge in [0.25, 0.3) is 0 Å². The molecule has 0 saturated carbocycles. The Morgan fingerprint density at radius 3 is 2.65 bits per heavy atom. The molecule has 2 aromatic heterocycles. The zero-order chi connectivity index (χ0) is 14.3. The number of halogens is 4. The number of benzene rings is 1. The molecule has 102 valence electrons. The SMILES string of the molecule is Fc1ccc(-c2c[nH]c3cccnc23)cc1C(F)(F)F. The summed E-state index contributed by atoms with van der Waals surface area (Å²) in [4.78, 5) is 7.05. The Morgan fingerprint density at radius 2 is 1.90 bits per heavy atom. The molecular formula is C14H8F4N2. The van der Waals surface area contributed by atoms with Crippen molar-refractivity contribution in [1.82, 2.24) is 9.97 Å². The fraction of sp³-hybridized carbons (Fsp3) is 0.0714. The van der Waals surface area contributed by atoms with Crippen LogP contribution in [0.25, 0.3) is 22.2 Å². The summed E-state index contributed by atoms with van der Waals surface area (Å²) in [5.74, 6) is -1.28. The Balaban J connectivity index is 2.20. The van der Waals surface area contributed by atoms with Gasteiger partial charge in [0, 0.05) is 18.0 Å². The number of fused-ring (bicyclic) bond motifs is 1. The lowest BCUT2D eigenvalue weighted by atomic mass is 10.0. The second-order valence-electron chi connectivity index (χ2n) is 4.29. The first-order valence-corrected chi connectivity index (χ1v) is 5.76. The van der Waals surface area contributed by atoms with Gasteiger partial charge in [-0.05, 0) is 29.8 Å². The monoisotopic (exact) mass is 280 g/mol. The first-order chi connectivity index (χ1) is 9.47. The van der Waals surface area contributed by atoms with E-state index in [1.165, 1.54) is 6.07 Å². The number of hydrogen-bond donors (Lipinski definition) is 1. The highest BCUT2D eigenvalue weighted by atomic mass is 19.4. The van der Waals surface area contributed by atoms with Crippen LogP contribution in [0.2, 0.25) is 0 Å². The van der Waals surface area contributed by atoms with Crippen LogP contribution < -0.4 is 0 Å². The summed E-state index contributed by atoms with van der Waals surface area (Å²) < 4.78 is 51.4. The van der Waals surface area contributed by atoms with Crippen molar-refractivity contribution in [2.24, 2.45) is 0 Å². The Morgan fingerprint density at radius 1 is 1.10 bits per heavy atom. The van der Waals surface area contributed by atoms with Crippen LogP contribution >= 0.6 is 0 Å². The predicted molar refractivity (Wildman–Crippen MR) is 66.5 cm³/mol. The molecule has 0 fully saturated rings. The van der Waals surface area contributed by atoms with Gasteiger partial charge in [0.2, 0.25) is 0 Å². The maximum atomic E-state index is 13.3. The molecule has 6 heteroatoms. The van der Waals surface area contributed by atoms with Gasteiger partial charge >= 0.3 is 6.18 Å². The van der Waals surface area contributed by atoms with Crippen molar-refractivity contribution in [2.45, 2.75) is 6.18 Å². The normalized spacial score (nSPS) is 12.0. The topological polar surface area (TPSA) is 28.7 Å². The van der Waals surface area contributed by atoms with E-state index in [0.29, 0.717) is 16.6 Å². The molecule has 0 radical (unpaired) electrons. The third kappa shape index (κ3) is 2.03. The molecule has 0 saturated heterocycles. The van der Waals surface area contributed by atoms with E-state index in [0.717, 1.165) is 12.1 Å². The molecule has 0 spiro atoms. The molecule has 3 rings (SSSR count). The first-order valence-electron chi connectivity index (χ1n) is 5.76. The molecule has 1 N–H and O–H groups in total. The lowest BCUT2D eigenvalue weighted by molar-refractivity contribution is -0.139. The predicted octanol–water partition coefficient (Wildman–Crippen LogP) is 4.39. The van der Waals surface area contributed by atoms with Crippen LogP contribution in [0, 0.1) is 5.82 Å². The summed E-state index contributed by atoms with van der Waals surface area (Å²) >= 11 is 0. The lowest BCUT2D eigenvalue weighted by Crippen LogP contribution is -2.08. The number of aromatic nitrogens is 2. The van der Waals surface area contributed by atoms with E-state index in [1.807, 2.05) is 0 Å². The van der Waals surface area contributed by atoms with Crippen LogP contribution in [-0.2, 0) is 6.18 Å². The Kier molecular flexibility index (Phi) is 2.74. The van der Waals surface area contributed by atoms with Gasteiger partial charge in [-0.25, -0.2) is 4.39 Å². The van der Waals surface area contributed by atoms with Gasteiger partial charge in [0.15, 0.2) is 0 Å². The number of H-pyrrole nitrogens is 1. The van der Waals surface area contributed by atoms with Crippen LogP contribution in [-0.4, -0.2) is 9.97 Å². The molecule has 0 aliphatic rings. The van der Waals surface area contributed by atoms with E-state index in [1.54, 1.807) is 24.5 Å². The smallest absolute Gasteiger partial charge is 0.359 e. The minimum Gasteiger partial charge on any atom is -0.359 e. The van der Waals surface area contributed by atoms with Crippen molar-refractivity contribution in [3.8, 4) is 11.1 Å². The third-order valence-electron chi connectivity index (χ3n) is 3.02. The van der Waals surface area contributed by atoms with E-state index in [-0.39, 0.29) is 5.56 Å². The minimum atomic E-state index is -4.72. The fourth-order valence-electron chi connectivity index (χ4n) is 2.08. The number of alkyl halides is 3. The van der Waals surface area contributed by atoms with E-state index in [2.05, 4.69) is 9.97 Å². The van der Waals surface area contributed by atoms with Gasteiger partial charge < -0.3 is 4.98 Å². The van der Waals surface area contributed by atoms with Crippen LogP contribution in [0.5, 0.6) is 0 Å². The van der Waals surface area contributed by atoms with Crippen LogP contribution in [0.3, 0.4) is 0 Å². The Bertz CT molecular complexity index is 774. The highest BCUT2D eigenvalue weighted by Crippen LogP contribution is 2.35. The summed E-state index contributed by atoms with van der Waals surface area (Å²) in [6.07, 6.45) is -1.61. The molecule has 3 aromatic rings. The van der Waals surface area contributed by atoms with Crippen molar-refractivity contribution in [3.63, 3.8) is 0 Å². The maximum Gasteiger partial charge on any atom is 0.419 e. The van der Waals surface area contributed by atoms with E-state index in [9.17, 15) is 17.6 Å². The molecule has 0 bridgehead atoms. The molecule has 0 amide bonds. The van der Waals surface area contributed by atoms with E-state index in [4.69, 9.17) is 0 Å². The molecule has 0 aliphatic heterocycles. The van der Waals surface area contributed by atoms with Crippen molar-refractivity contribution >= 4 is 11.0 Å². The van der Waals surface area contributed by atoms with Gasteiger partial charge in [0.1, 0.15) is 5.82 Å². The molecule has 0 atom stereocenters. The molecule has 0 aliphatic carbocycles. The zero-order valence-electron chi connectivity index (χ0n) is 10.0. The van der Waals surface area contributed by atoms with Gasteiger partial charge in [-0.1, -0.05) is 6.07 Å². The lowest BCUT2D eigenvalue weighted by Gasteiger charge is -2.09. The number of nitrogens with one attached hydrogen (secondary N) is 1. The number of nitrogens with zero attached hydrogens (tertiary/aromatic N) is 1. The molecule has 0 unspecified atom stereocenters. The van der Waals surface area contributed by atoms with Crippen LogP contribution in [0.4, 0.5) is 17.6 Å². The Hall–Kier alpha value is -2.37. The highest BCUT2D eigenvalue weighted by molar-refractivity contribution is 5.92. The molecular weight excluding hydrogens is 272 g/mol. The molecule has 20 heavy (non-hydrogen) atoms. The van der Waals surface area contributed by atoms with Crippen LogP contribution in [0.1, 0.15) is 5.56 Å². The fourth-order valence-corrected chi connectivity index (χ4v) is 2.08. The van der Waals surface area contributed by atoms with Crippen molar-refractivity contribution in [1.29, 1.82) is 0 Å². The summed E-state index contributed by atoms with van der Waals surface area (Å²) in [6, 6.07) is 6.41. The summed E-state index contributed by atoms with van der Waals surface area (Å²) in [7, 11) is 0. The second kappa shape index (κ2) is 4.33. The van der Waals surface area contributed by atoms with E-state index >= 15 is 0 Å². The molecule has 2 heterocycles. The van der Waals surface area contributed by atoms with Gasteiger partial charge in [-0.15, -0.1) is 0 Å². The second-order valence-corrected chi connectivity index (χ2v) is 4.29. The zero-order valence-corrected chi connectivity index (χ0v) is 10.0. The maximum absolute atomic E-state index is 13.3. The van der Waals surface area contributed by atoms with Gasteiger partial charge in [-0.2, -0.15) is 13.2 Å². The van der Waals surface area contributed by atoms with Crippen molar-refractivity contribution in [3.05, 3.63) is 54.1 Å². The van der Waals surface area contributed by atoms with E-state index < -0.39 is 17.6 Å². The molecule has 1 aromatic carbocycles. The van der Waals surface area contributed by atoms with Gasteiger partial charge in [0.05, 0.1) is 16.6 Å². The van der Waals surface area contributed by atoms with Crippen LogP contribution in [0.15, 0.2) is 42.7 Å². The Labute approximate surface area is 111 Å². The standard InChI is InChI=1S/C14H8F4N2/c15-11-4-3-8(6-10(11)14(16,17)18)9-7-20-12-2-1-5-19-13(9)12/h1-7,20H. The largest absolute Gasteiger partial charge is 0.419 e. The summed E-state index contributed by atoms with van der Waals surface area (Å²) in [6.45, 7) is 0. The summed E-state index contributed by atoms with van der Waals surface area (Å²) in [5, 5.41) is 0. The highest BCUT2D eigenvalue weighted by Gasteiger charge is 2.34. The van der Waals surface area contributed by atoms with Crippen molar-refractivity contribution in [2.75, 3.05) is 0 Å². The average Bonchev–Trinajstić information content (AvgIpc) is 2.82. The summed E-state index contributed by atoms with van der Waals surface area (Å²) in [5.41, 5.74) is 0.752. The number of pyridine rings is 1. The van der Waals surface area contributed by atoms with Gasteiger partial charge in [-0.3, -0.25) is 4.98 Å². The molecule has 2 nitrogen and oxygen atoms in total. The number of rotatable bonds is 1. The first kappa shape index (κ1) is 12.7. The quantitative estimate of drug-likeness (QED) is 0.658. The van der Waals surface area contributed by atoms with Crippen molar-refractivity contribution < 1.29 is 17.6 Å². The average molecular weight is 280 g/mol. The number of hydrogen-bond acceptors (Lipinski definition) is 1.